The van der Waals surface area contributed by atoms with Crippen molar-refractivity contribution in [2.45, 2.75) is 65.2 Å². The number of allylic oxidation sites excluding steroid dienone is 5. The second kappa shape index (κ2) is 11.9. The summed E-state index contributed by atoms with van der Waals surface area (Å²) in [5.74, 6) is 0. The molecule has 0 aliphatic heterocycles. The van der Waals surface area contributed by atoms with Crippen molar-refractivity contribution >= 4 is 0 Å². The smallest absolute Gasteiger partial charge is 0.206 e. The van der Waals surface area contributed by atoms with Gasteiger partial charge in [0.25, 0.3) is 0 Å². The zero-order valence-corrected chi connectivity index (χ0v) is 16.4. The summed E-state index contributed by atoms with van der Waals surface area (Å²) in [7, 11) is 4.34. The van der Waals surface area contributed by atoms with E-state index in [9.17, 15) is 0 Å². The minimum atomic E-state index is 1.10. The summed E-state index contributed by atoms with van der Waals surface area (Å²) >= 11 is 0. The van der Waals surface area contributed by atoms with Crippen LogP contribution in [0.15, 0.2) is 41.8 Å². The van der Waals surface area contributed by atoms with Crippen LogP contribution in [0.4, 0.5) is 0 Å². The molecule has 0 amide bonds. The van der Waals surface area contributed by atoms with E-state index in [4.69, 9.17) is 0 Å². The molecule has 0 radical (unpaired) electrons. The molecule has 24 heavy (non-hydrogen) atoms. The van der Waals surface area contributed by atoms with Gasteiger partial charge in [0.05, 0.1) is 12.2 Å². The van der Waals surface area contributed by atoms with Crippen LogP contribution in [0.3, 0.4) is 0 Å². The van der Waals surface area contributed by atoms with E-state index < -0.39 is 0 Å². The van der Waals surface area contributed by atoms with E-state index in [0.717, 1.165) is 13.1 Å². The highest BCUT2D eigenvalue weighted by molar-refractivity contribution is 5.46. The van der Waals surface area contributed by atoms with E-state index >= 15 is 0 Å². The SMILES string of the molecule is C=CC1=C(N(C)CCCCCC)C=[C+]C(N(C)CCCCCC)=C1. The third kappa shape index (κ3) is 6.93. The highest BCUT2D eigenvalue weighted by Crippen LogP contribution is 2.22. The zero-order chi connectivity index (χ0) is 17.8. The average molecular weight is 330 g/mol. The van der Waals surface area contributed by atoms with Crippen LogP contribution < -0.4 is 0 Å². The van der Waals surface area contributed by atoms with Gasteiger partial charge in [0.15, 0.2) is 5.70 Å². The van der Waals surface area contributed by atoms with Crippen LogP contribution in [-0.2, 0) is 0 Å². The van der Waals surface area contributed by atoms with Gasteiger partial charge in [-0.1, -0.05) is 59.0 Å². The summed E-state index contributed by atoms with van der Waals surface area (Å²) < 4.78 is 0. The lowest BCUT2D eigenvalue weighted by molar-refractivity contribution is 0.396. The van der Waals surface area contributed by atoms with Gasteiger partial charge >= 0.3 is 0 Å². The third-order valence-corrected chi connectivity index (χ3v) is 4.68. The molecule has 2 heteroatoms. The molecule has 0 spiro atoms. The van der Waals surface area contributed by atoms with E-state index in [0.29, 0.717) is 0 Å². The summed E-state index contributed by atoms with van der Waals surface area (Å²) in [6.07, 6.45) is 20.2. The van der Waals surface area contributed by atoms with Crippen molar-refractivity contribution in [1.29, 1.82) is 0 Å². The van der Waals surface area contributed by atoms with Gasteiger partial charge in [0, 0.05) is 27.2 Å². The molecule has 1 aliphatic rings. The molecule has 0 heterocycles. The molecule has 134 valence electrons. The molecular formula is C22H37N2+. The Balaban J connectivity index is 2.62. The van der Waals surface area contributed by atoms with Crippen LogP contribution in [0.25, 0.3) is 0 Å². The van der Waals surface area contributed by atoms with E-state index in [1.54, 1.807) is 0 Å². The fraction of sp³-hybridized carbons (Fsp3) is 0.636. The Labute approximate surface area is 150 Å². The maximum atomic E-state index is 4.01. The zero-order valence-electron chi connectivity index (χ0n) is 16.4. The molecule has 0 aromatic heterocycles. The molecule has 0 fully saturated rings. The van der Waals surface area contributed by atoms with Crippen LogP contribution >= 0.6 is 0 Å². The first-order chi connectivity index (χ1) is 11.6. The van der Waals surface area contributed by atoms with Crippen LogP contribution in [-0.4, -0.2) is 37.0 Å². The van der Waals surface area contributed by atoms with E-state index in [1.807, 2.05) is 6.08 Å². The number of hydrogen-bond acceptors (Lipinski definition) is 2. The second-order valence-electron chi connectivity index (χ2n) is 6.83. The Kier molecular flexibility index (Phi) is 10.2. The van der Waals surface area contributed by atoms with Gasteiger partial charge in [-0.15, -0.1) is 0 Å². The maximum absolute atomic E-state index is 4.01. The third-order valence-electron chi connectivity index (χ3n) is 4.68. The van der Waals surface area contributed by atoms with Gasteiger partial charge in [-0.3, -0.25) is 0 Å². The molecule has 1 rings (SSSR count). The molecule has 0 N–H and O–H groups in total. The first-order valence-corrected chi connectivity index (χ1v) is 9.74. The number of likely N-dealkylation sites (N-methyl/N-ethyl adjacent to an activating group) is 2. The second-order valence-corrected chi connectivity index (χ2v) is 6.83. The van der Waals surface area contributed by atoms with Gasteiger partial charge in [-0.2, -0.15) is 0 Å². The summed E-state index contributed by atoms with van der Waals surface area (Å²) in [5.41, 5.74) is 3.62. The van der Waals surface area contributed by atoms with Gasteiger partial charge in [-0.05, 0) is 18.9 Å². The standard InChI is InChI=1S/C22H37N2/c1-6-9-11-13-17-23(4)21-15-16-22(20(8-3)19-21)24(5)18-14-12-10-7-2/h8,16,19H,3,6-7,9-14,17-18H2,1-2,4-5H3/q+1. The molecule has 0 aromatic carbocycles. The Morgan fingerprint density at radius 1 is 0.917 bits per heavy atom. The van der Waals surface area contributed by atoms with E-state index in [-0.39, 0.29) is 0 Å². The quantitative estimate of drug-likeness (QED) is 0.315. The fourth-order valence-electron chi connectivity index (χ4n) is 3.00. The van der Waals surface area contributed by atoms with Crippen molar-refractivity contribution in [3.05, 3.63) is 47.9 Å². The maximum Gasteiger partial charge on any atom is 0.206 e. The van der Waals surface area contributed by atoms with Crippen LogP contribution in [0.5, 0.6) is 0 Å². The number of hydrogen-bond donors (Lipinski definition) is 0. The predicted molar refractivity (Wildman–Crippen MR) is 107 cm³/mol. The summed E-state index contributed by atoms with van der Waals surface area (Å²) in [6, 6.07) is 0. The normalized spacial score (nSPS) is 13.6. The highest BCUT2D eigenvalue weighted by atomic mass is 15.1. The van der Waals surface area contributed by atoms with Crippen molar-refractivity contribution in [3.63, 3.8) is 0 Å². The topological polar surface area (TPSA) is 6.48 Å². The Hall–Kier alpha value is -1.53. The van der Waals surface area contributed by atoms with Gasteiger partial charge in [0.2, 0.25) is 5.70 Å². The van der Waals surface area contributed by atoms with Crippen molar-refractivity contribution in [2.75, 3.05) is 27.2 Å². The van der Waals surface area contributed by atoms with E-state index in [2.05, 4.69) is 62.5 Å². The number of unbranched alkanes of at least 4 members (excludes halogenated alkanes) is 6. The van der Waals surface area contributed by atoms with Crippen molar-refractivity contribution in [1.82, 2.24) is 9.80 Å². The van der Waals surface area contributed by atoms with Gasteiger partial charge in [-0.25, -0.2) is 0 Å². The molecule has 0 saturated carbocycles. The predicted octanol–water partition coefficient (Wildman–Crippen LogP) is 5.71. The number of rotatable bonds is 13. The summed E-state index contributed by atoms with van der Waals surface area (Å²) in [6.45, 7) is 10.7. The fourth-order valence-corrected chi connectivity index (χ4v) is 3.00. The van der Waals surface area contributed by atoms with Crippen LogP contribution in [0.1, 0.15) is 65.2 Å². The van der Waals surface area contributed by atoms with Crippen molar-refractivity contribution < 1.29 is 0 Å². The molecule has 1 aliphatic carbocycles. The molecule has 0 unspecified atom stereocenters. The molecule has 0 bridgehead atoms. The van der Waals surface area contributed by atoms with E-state index in [1.165, 1.54) is 68.3 Å². The van der Waals surface area contributed by atoms with Crippen molar-refractivity contribution in [3.8, 4) is 0 Å². The Morgan fingerprint density at radius 2 is 1.50 bits per heavy atom. The lowest BCUT2D eigenvalue weighted by Crippen LogP contribution is -2.23. The van der Waals surface area contributed by atoms with Crippen LogP contribution in [0.2, 0.25) is 0 Å². The first kappa shape index (κ1) is 20.5. The highest BCUT2D eigenvalue weighted by Gasteiger charge is 2.21. The lowest BCUT2D eigenvalue weighted by Gasteiger charge is -2.21. The molecule has 2 nitrogen and oxygen atoms in total. The van der Waals surface area contributed by atoms with Gasteiger partial charge in [0.1, 0.15) is 11.6 Å². The minimum Gasteiger partial charge on any atom is -0.346 e. The van der Waals surface area contributed by atoms with Gasteiger partial charge < -0.3 is 9.80 Å². The Morgan fingerprint density at radius 3 is 2.04 bits per heavy atom. The van der Waals surface area contributed by atoms with Crippen molar-refractivity contribution in [2.24, 2.45) is 0 Å². The molecular weight excluding hydrogens is 292 g/mol. The molecule has 0 aromatic rings. The summed E-state index contributed by atoms with van der Waals surface area (Å²) in [5, 5.41) is 0. The minimum absolute atomic E-state index is 1.10. The molecule has 0 saturated heterocycles. The largest absolute Gasteiger partial charge is 0.346 e. The first-order valence-electron chi connectivity index (χ1n) is 9.74. The molecule has 0 atom stereocenters. The number of nitrogens with zero attached hydrogens (tertiary/aromatic N) is 2. The average Bonchev–Trinajstić information content (AvgIpc) is 2.61. The monoisotopic (exact) mass is 329 g/mol. The Bertz CT molecular complexity index is 457. The van der Waals surface area contributed by atoms with Crippen LogP contribution in [0, 0.1) is 6.08 Å². The summed E-state index contributed by atoms with van der Waals surface area (Å²) in [4.78, 5) is 4.65. The lowest BCUT2D eigenvalue weighted by atomic mass is 10.0.